The van der Waals surface area contributed by atoms with Crippen LogP contribution in [0.3, 0.4) is 0 Å². The van der Waals surface area contributed by atoms with Crippen LogP contribution >= 0.6 is 34.8 Å². The number of rotatable bonds is 4. The van der Waals surface area contributed by atoms with Crippen LogP contribution in [-0.4, -0.2) is 59.7 Å². The Kier molecular flexibility index (Phi) is 7.70. The van der Waals surface area contributed by atoms with Crippen LogP contribution in [0, 0.1) is 5.92 Å². The average Bonchev–Trinajstić information content (AvgIpc) is 3.24. The molecule has 0 bridgehead atoms. The minimum atomic E-state index is -0.290. The van der Waals surface area contributed by atoms with Crippen molar-refractivity contribution in [3.8, 4) is 0 Å². The molecule has 2 aromatic rings. The minimum absolute atomic E-state index is 0.0386. The van der Waals surface area contributed by atoms with Gasteiger partial charge in [-0.1, -0.05) is 40.9 Å². The van der Waals surface area contributed by atoms with Crippen LogP contribution in [0.4, 0.5) is 0 Å². The van der Waals surface area contributed by atoms with Gasteiger partial charge < -0.3 is 15.1 Å². The Morgan fingerprint density at radius 1 is 0.882 bits per heavy atom. The van der Waals surface area contributed by atoms with Gasteiger partial charge in [-0.15, -0.1) is 0 Å². The van der Waals surface area contributed by atoms with E-state index in [1.807, 2.05) is 11.0 Å². The van der Waals surface area contributed by atoms with Gasteiger partial charge in [0.25, 0.3) is 5.91 Å². The number of likely N-dealkylation sites (tertiary alicyclic amines) is 2. The highest BCUT2D eigenvalue weighted by molar-refractivity contribution is 6.42. The fraction of sp³-hybridized carbons (Fsp3) is 0.400. The molecule has 180 valence electrons. The van der Waals surface area contributed by atoms with E-state index in [1.165, 1.54) is 0 Å². The number of nitrogens with zero attached hydrogens (tertiary/aromatic N) is 2. The van der Waals surface area contributed by atoms with Gasteiger partial charge in [0.15, 0.2) is 0 Å². The Labute approximate surface area is 214 Å². The summed E-state index contributed by atoms with van der Waals surface area (Å²) in [5.41, 5.74) is 1.41. The normalized spacial score (nSPS) is 20.9. The predicted molar refractivity (Wildman–Crippen MR) is 133 cm³/mol. The van der Waals surface area contributed by atoms with Crippen LogP contribution in [-0.2, 0) is 9.59 Å². The number of nitrogens with one attached hydrogen (secondary N) is 1. The zero-order chi connectivity index (χ0) is 24.4. The third-order valence-corrected chi connectivity index (χ3v) is 7.71. The van der Waals surface area contributed by atoms with Gasteiger partial charge in [0.1, 0.15) is 0 Å². The van der Waals surface area contributed by atoms with Crippen LogP contribution in [0.15, 0.2) is 42.5 Å². The molecule has 1 N–H and O–H groups in total. The molecule has 2 atom stereocenters. The Morgan fingerprint density at radius 2 is 1.56 bits per heavy atom. The van der Waals surface area contributed by atoms with Crippen molar-refractivity contribution in [2.75, 3.05) is 26.2 Å². The van der Waals surface area contributed by atoms with Crippen molar-refractivity contribution in [1.82, 2.24) is 15.1 Å². The largest absolute Gasteiger partial charge is 0.347 e. The molecule has 3 amide bonds. The second-order valence-electron chi connectivity index (χ2n) is 8.89. The maximum absolute atomic E-state index is 13.4. The van der Waals surface area contributed by atoms with Gasteiger partial charge in [0.05, 0.1) is 16.1 Å². The van der Waals surface area contributed by atoms with Crippen LogP contribution < -0.4 is 5.32 Å². The topological polar surface area (TPSA) is 69.7 Å². The zero-order valence-corrected chi connectivity index (χ0v) is 21.0. The van der Waals surface area contributed by atoms with Crippen molar-refractivity contribution in [3.05, 3.63) is 68.7 Å². The molecule has 2 aliphatic rings. The molecule has 6 nitrogen and oxygen atoms in total. The summed E-state index contributed by atoms with van der Waals surface area (Å²) in [6, 6.07) is 11.8. The quantitative estimate of drug-likeness (QED) is 0.636. The fourth-order valence-corrected chi connectivity index (χ4v) is 5.20. The minimum Gasteiger partial charge on any atom is -0.347 e. The number of hydrogen-bond acceptors (Lipinski definition) is 3. The number of benzene rings is 2. The standard InChI is InChI=1S/C25H26Cl3N3O3/c1-15(32)30-10-8-17(9-11-30)25(34)31-13-20(18-4-7-21(27)22(28)12-18)23(14-31)29-24(33)16-2-5-19(26)6-3-16/h2-7,12,17,20,23H,8-11,13-14H2,1H3,(H,29,33). The molecule has 0 spiro atoms. The van der Waals surface area contributed by atoms with Gasteiger partial charge in [0, 0.05) is 55.5 Å². The fourth-order valence-electron chi connectivity index (χ4n) is 4.76. The van der Waals surface area contributed by atoms with E-state index in [4.69, 9.17) is 34.8 Å². The highest BCUT2D eigenvalue weighted by Crippen LogP contribution is 2.34. The average molecular weight is 523 g/mol. The number of carbonyl (C=O) groups is 3. The van der Waals surface area contributed by atoms with E-state index >= 15 is 0 Å². The first-order valence-corrected chi connectivity index (χ1v) is 12.4. The SMILES string of the molecule is CC(=O)N1CCC(C(=O)N2CC(NC(=O)c3ccc(Cl)cc3)C(c3ccc(Cl)c(Cl)c3)C2)CC1. The van der Waals surface area contributed by atoms with Gasteiger partial charge in [-0.05, 0) is 54.8 Å². The molecule has 2 heterocycles. The van der Waals surface area contributed by atoms with Crippen molar-refractivity contribution in [3.63, 3.8) is 0 Å². The molecule has 0 saturated carbocycles. The molecule has 0 radical (unpaired) electrons. The summed E-state index contributed by atoms with van der Waals surface area (Å²) >= 11 is 18.3. The second kappa shape index (κ2) is 10.5. The molecule has 2 aromatic carbocycles. The van der Waals surface area contributed by atoms with Crippen LogP contribution in [0.1, 0.15) is 41.6 Å². The molecule has 2 saturated heterocycles. The molecule has 4 rings (SSSR count). The molecule has 2 fully saturated rings. The molecule has 0 aliphatic carbocycles. The van der Waals surface area contributed by atoms with Gasteiger partial charge in [0.2, 0.25) is 11.8 Å². The first kappa shape index (κ1) is 24.8. The highest BCUT2D eigenvalue weighted by atomic mass is 35.5. The van der Waals surface area contributed by atoms with E-state index in [0.29, 0.717) is 59.7 Å². The Balaban J connectivity index is 1.52. The van der Waals surface area contributed by atoms with Crippen molar-refractivity contribution in [2.24, 2.45) is 5.92 Å². The van der Waals surface area contributed by atoms with E-state index in [9.17, 15) is 14.4 Å². The summed E-state index contributed by atoms with van der Waals surface area (Å²) in [5.74, 6) is -0.382. The van der Waals surface area contributed by atoms with Gasteiger partial charge in [-0.2, -0.15) is 0 Å². The maximum atomic E-state index is 13.4. The molecular weight excluding hydrogens is 497 g/mol. The smallest absolute Gasteiger partial charge is 0.251 e. The first-order chi connectivity index (χ1) is 16.2. The Bertz CT molecular complexity index is 1080. The summed E-state index contributed by atoms with van der Waals surface area (Å²) in [6.45, 7) is 3.60. The first-order valence-electron chi connectivity index (χ1n) is 11.3. The van der Waals surface area contributed by atoms with Crippen LogP contribution in [0.5, 0.6) is 0 Å². The number of piperidine rings is 1. The molecule has 34 heavy (non-hydrogen) atoms. The lowest BCUT2D eigenvalue weighted by molar-refractivity contribution is -0.139. The zero-order valence-electron chi connectivity index (χ0n) is 18.8. The van der Waals surface area contributed by atoms with Crippen molar-refractivity contribution in [1.29, 1.82) is 0 Å². The van der Waals surface area contributed by atoms with Crippen LogP contribution in [0.25, 0.3) is 0 Å². The van der Waals surface area contributed by atoms with Gasteiger partial charge in [-0.3, -0.25) is 14.4 Å². The lowest BCUT2D eigenvalue weighted by atomic mass is 9.94. The Morgan fingerprint density at radius 3 is 2.18 bits per heavy atom. The summed E-state index contributed by atoms with van der Waals surface area (Å²) in [6.07, 6.45) is 1.29. The maximum Gasteiger partial charge on any atom is 0.251 e. The van der Waals surface area contributed by atoms with Gasteiger partial charge >= 0.3 is 0 Å². The lowest BCUT2D eigenvalue weighted by Crippen LogP contribution is -2.44. The third kappa shape index (κ3) is 5.51. The number of hydrogen-bond donors (Lipinski definition) is 1. The van der Waals surface area contributed by atoms with Crippen molar-refractivity contribution in [2.45, 2.75) is 31.7 Å². The molecule has 9 heteroatoms. The van der Waals surface area contributed by atoms with E-state index < -0.39 is 0 Å². The predicted octanol–water partition coefficient (Wildman–Crippen LogP) is 4.63. The monoisotopic (exact) mass is 521 g/mol. The van der Waals surface area contributed by atoms with Gasteiger partial charge in [-0.25, -0.2) is 0 Å². The molecule has 2 unspecified atom stereocenters. The van der Waals surface area contributed by atoms with E-state index in [2.05, 4.69) is 5.32 Å². The summed E-state index contributed by atoms with van der Waals surface area (Å²) in [7, 11) is 0. The second-order valence-corrected chi connectivity index (χ2v) is 10.1. The molecule has 2 aliphatic heterocycles. The van der Waals surface area contributed by atoms with E-state index in [0.717, 1.165) is 5.56 Å². The lowest BCUT2D eigenvalue weighted by Gasteiger charge is -2.32. The summed E-state index contributed by atoms with van der Waals surface area (Å²) in [5, 5.41) is 4.54. The molecule has 0 aromatic heterocycles. The van der Waals surface area contributed by atoms with E-state index in [-0.39, 0.29) is 35.6 Å². The van der Waals surface area contributed by atoms with Crippen molar-refractivity contribution < 1.29 is 14.4 Å². The number of amides is 3. The Hall–Kier alpha value is -2.28. The number of carbonyl (C=O) groups excluding carboxylic acids is 3. The summed E-state index contributed by atoms with van der Waals surface area (Å²) in [4.78, 5) is 41.5. The van der Waals surface area contributed by atoms with Crippen molar-refractivity contribution >= 4 is 52.5 Å². The summed E-state index contributed by atoms with van der Waals surface area (Å²) < 4.78 is 0. The highest BCUT2D eigenvalue weighted by Gasteiger charge is 2.40. The molecular formula is C25H26Cl3N3O3. The number of halogens is 3. The van der Waals surface area contributed by atoms with E-state index in [1.54, 1.807) is 48.2 Å². The third-order valence-electron chi connectivity index (χ3n) is 6.72. The van der Waals surface area contributed by atoms with Crippen LogP contribution in [0.2, 0.25) is 15.1 Å².